The van der Waals surface area contributed by atoms with Crippen molar-refractivity contribution in [2.75, 3.05) is 13.7 Å². The number of aliphatic carboxylic acids is 1. The molecular formula is C4H8O5. The van der Waals surface area contributed by atoms with Gasteiger partial charge in [0.2, 0.25) is 0 Å². The Kier molecular flexibility index (Phi) is 3.94. The molecule has 0 fully saturated rings. The standard InChI is InChI=1S/C4H8O5/c1-8-4(7)9-2-3(5)6/h4,7H,2H2,1H3,(H,5,6). The summed E-state index contributed by atoms with van der Waals surface area (Å²) >= 11 is 0. The van der Waals surface area contributed by atoms with Crippen LogP contribution in [-0.4, -0.2) is 36.4 Å². The summed E-state index contributed by atoms with van der Waals surface area (Å²) in [6, 6.07) is 0. The lowest BCUT2D eigenvalue weighted by Crippen LogP contribution is -2.18. The number of carbonyl (C=O) groups is 1. The van der Waals surface area contributed by atoms with Crippen LogP contribution in [0.5, 0.6) is 0 Å². The highest BCUT2D eigenvalue weighted by Crippen LogP contribution is 1.84. The fourth-order valence-corrected chi connectivity index (χ4v) is 0.211. The Morgan fingerprint density at radius 3 is 2.67 bits per heavy atom. The summed E-state index contributed by atoms with van der Waals surface area (Å²) in [4.78, 5) is 9.73. The third kappa shape index (κ3) is 5.22. The van der Waals surface area contributed by atoms with E-state index in [1.807, 2.05) is 0 Å². The molecule has 0 aliphatic heterocycles. The molecule has 1 atom stereocenters. The first-order valence-corrected chi connectivity index (χ1v) is 2.21. The molecule has 0 aliphatic rings. The van der Waals surface area contributed by atoms with Gasteiger partial charge in [0.05, 0.1) is 0 Å². The van der Waals surface area contributed by atoms with E-state index < -0.39 is 19.1 Å². The van der Waals surface area contributed by atoms with Gasteiger partial charge in [-0.05, 0) is 0 Å². The van der Waals surface area contributed by atoms with E-state index >= 15 is 0 Å². The maximum atomic E-state index is 9.73. The van der Waals surface area contributed by atoms with Gasteiger partial charge in [-0.2, -0.15) is 0 Å². The SMILES string of the molecule is COC(O)OCC(=O)O. The number of aliphatic hydroxyl groups is 1. The predicted molar refractivity (Wildman–Crippen MR) is 26.6 cm³/mol. The maximum absolute atomic E-state index is 9.73. The van der Waals surface area contributed by atoms with E-state index in [1.165, 1.54) is 7.11 Å². The number of ether oxygens (including phenoxy) is 2. The average molecular weight is 136 g/mol. The molecule has 0 bridgehead atoms. The number of methoxy groups -OCH3 is 1. The zero-order valence-corrected chi connectivity index (χ0v) is 4.90. The van der Waals surface area contributed by atoms with E-state index in [2.05, 4.69) is 9.47 Å². The molecule has 0 amide bonds. The van der Waals surface area contributed by atoms with Gasteiger partial charge in [-0.25, -0.2) is 4.79 Å². The predicted octanol–water partition coefficient (Wildman–Crippen LogP) is -0.990. The molecule has 0 heterocycles. The Bertz CT molecular complexity index is 91.0. The summed E-state index contributed by atoms with van der Waals surface area (Å²) in [6.45, 7) is -2.00. The van der Waals surface area contributed by atoms with Crippen LogP contribution in [0.2, 0.25) is 0 Å². The zero-order valence-electron chi connectivity index (χ0n) is 4.90. The van der Waals surface area contributed by atoms with Crippen molar-refractivity contribution in [3.05, 3.63) is 0 Å². The minimum absolute atomic E-state index is 0.561. The van der Waals surface area contributed by atoms with Crippen LogP contribution in [0.25, 0.3) is 0 Å². The Morgan fingerprint density at radius 1 is 1.78 bits per heavy atom. The Hall–Kier alpha value is -0.650. The second kappa shape index (κ2) is 4.25. The molecule has 54 valence electrons. The molecule has 0 aromatic heterocycles. The number of rotatable bonds is 4. The average Bonchev–Trinajstić information content (AvgIpc) is 1.83. The fourth-order valence-electron chi connectivity index (χ4n) is 0.211. The fraction of sp³-hybridized carbons (Fsp3) is 0.750. The number of carboxylic acids is 1. The number of aliphatic hydroxyl groups excluding tert-OH is 1. The first-order chi connectivity index (χ1) is 4.16. The van der Waals surface area contributed by atoms with E-state index in [0.717, 1.165) is 0 Å². The summed E-state index contributed by atoms with van der Waals surface area (Å²) in [6.07, 6.45) is 0. The van der Waals surface area contributed by atoms with E-state index in [0.29, 0.717) is 0 Å². The van der Waals surface area contributed by atoms with Gasteiger partial charge in [0.1, 0.15) is 6.61 Å². The van der Waals surface area contributed by atoms with Crippen LogP contribution in [0.1, 0.15) is 0 Å². The first-order valence-electron chi connectivity index (χ1n) is 2.21. The van der Waals surface area contributed by atoms with Crippen molar-refractivity contribution in [1.29, 1.82) is 0 Å². The number of carboxylic acid groups (broad SMARTS) is 1. The highest BCUT2D eigenvalue weighted by Gasteiger charge is 2.02. The van der Waals surface area contributed by atoms with Gasteiger partial charge in [0.15, 0.2) is 0 Å². The Morgan fingerprint density at radius 2 is 2.33 bits per heavy atom. The molecular weight excluding hydrogens is 128 g/mol. The van der Waals surface area contributed by atoms with Crippen LogP contribution in [0.4, 0.5) is 0 Å². The van der Waals surface area contributed by atoms with Crippen LogP contribution in [0, 0.1) is 0 Å². The normalized spacial score (nSPS) is 13.1. The zero-order chi connectivity index (χ0) is 7.28. The van der Waals surface area contributed by atoms with Crippen molar-refractivity contribution in [2.45, 2.75) is 6.48 Å². The lowest BCUT2D eigenvalue weighted by molar-refractivity contribution is -0.250. The van der Waals surface area contributed by atoms with Gasteiger partial charge < -0.3 is 19.7 Å². The van der Waals surface area contributed by atoms with Gasteiger partial charge in [-0.3, -0.25) is 0 Å². The van der Waals surface area contributed by atoms with E-state index in [-0.39, 0.29) is 0 Å². The summed E-state index contributed by atoms with van der Waals surface area (Å²) < 4.78 is 8.36. The van der Waals surface area contributed by atoms with Crippen molar-refractivity contribution < 1.29 is 24.5 Å². The molecule has 0 spiro atoms. The van der Waals surface area contributed by atoms with Crippen molar-refractivity contribution in [2.24, 2.45) is 0 Å². The van der Waals surface area contributed by atoms with Gasteiger partial charge >= 0.3 is 5.97 Å². The van der Waals surface area contributed by atoms with Gasteiger partial charge in [0.25, 0.3) is 6.48 Å². The third-order valence-electron chi connectivity index (χ3n) is 0.551. The monoisotopic (exact) mass is 136 g/mol. The molecule has 0 radical (unpaired) electrons. The van der Waals surface area contributed by atoms with Crippen LogP contribution >= 0.6 is 0 Å². The second-order valence-electron chi connectivity index (χ2n) is 1.25. The minimum atomic E-state index is -1.44. The Labute approximate surface area is 51.8 Å². The molecule has 0 aromatic carbocycles. The van der Waals surface area contributed by atoms with Crippen LogP contribution in [-0.2, 0) is 14.3 Å². The highest BCUT2D eigenvalue weighted by molar-refractivity contribution is 5.67. The lowest BCUT2D eigenvalue weighted by atomic mass is 10.7. The molecule has 5 nitrogen and oxygen atoms in total. The van der Waals surface area contributed by atoms with E-state index in [9.17, 15) is 4.79 Å². The topological polar surface area (TPSA) is 76.0 Å². The summed E-state index contributed by atoms with van der Waals surface area (Å²) in [7, 11) is 1.20. The first kappa shape index (κ1) is 8.35. The smallest absolute Gasteiger partial charge is 0.329 e. The van der Waals surface area contributed by atoms with Crippen molar-refractivity contribution in [3.8, 4) is 0 Å². The van der Waals surface area contributed by atoms with Crippen molar-refractivity contribution in [3.63, 3.8) is 0 Å². The maximum Gasteiger partial charge on any atom is 0.329 e. The van der Waals surface area contributed by atoms with Gasteiger partial charge in [-0.15, -0.1) is 0 Å². The molecule has 5 heteroatoms. The third-order valence-corrected chi connectivity index (χ3v) is 0.551. The largest absolute Gasteiger partial charge is 0.480 e. The molecule has 0 saturated heterocycles. The molecule has 0 saturated carbocycles. The number of hydrogen-bond acceptors (Lipinski definition) is 4. The highest BCUT2D eigenvalue weighted by atomic mass is 16.8. The summed E-state index contributed by atoms with van der Waals surface area (Å²) in [5.74, 6) is -1.15. The molecule has 2 N–H and O–H groups in total. The quantitative estimate of drug-likeness (QED) is 0.485. The van der Waals surface area contributed by atoms with Crippen LogP contribution < -0.4 is 0 Å². The van der Waals surface area contributed by atoms with E-state index in [1.54, 1.807) is 0 Å². The lowest BCUT2D eigenvalue weighted by Gasteiger charge is -2.05. The van der Waals surface area contributed by atoms with E-state index in [4.69, 9.17) is 10.2 Å². The molecule has 0 rings (SSSR count). The number of hydrogen-bond donors (Lipinski definition) is 2. The molecule has 1 unspecified atom stereocenters. The van der Waals surface area contributed by atoms with Gasteiger partial charge in [0, 0.05) is 7.11 Å². The van der Waals surface area contributed by atoms with Gasteiger partial charge in [-0.1, -0.05) is 0 Å². The summed E-state index contributed by atoms with van der Waals surface area (Å²) in [5, 5.41) is 16.4. The molecule has 0 aliphatic carbocycles. The summed E-state index contributed by atoms with van der Waals surface area (Å²) in [5.41, 5.74) is 0. The Balaban J connectivity index is 3.16. The minimum Gasteiger partial charge on any atom is -0.480 e. The van der Waals surface area contributed by atoms with Crippen molar-refractivity contribution >= 4 is 5.97 Å². The van der Waals surface area contributed by atoms with Crippen LogP contribution in [0.3, 0.4) is 0 Å². The van der Waals surface area contributed by atoms with Crippen molar-refractivity contribution in [1.82, 2.24) is 0 Å². The molecule has 0 aromatic rings. The van der Waals surface area contributed by atoms with Crippen LogP contribution in [0.15, 0.2) is 0 Å². The molecule has 9 heavy (non-hydrogen) atoms. The second-order valence-corrected chi connectivity index (χ2v) is 1.25.